The zero-order valence-corrected chi connectivity index (χ0v) is 9.52. The Morgan fingerprint density at radius 3 is 2.79 bits per heavy atom. The number of allylic oxidation sites excluding steroid dienone is 3. The molecule has 14 heavy (non-hydrogen) atoms. The van der Waals surface area contributed by atoms with Crippen LogP contribution in [0.1, 0.15) is 46.5 Å². The Labute approximate surface area is 86.9 Å². The maximum Gasteiger partial charge on any atom is 0.159 e. The smallest absolute Gasteiger partial charge is 0.159 e. The van der Waals surface area contributed by atoms with Crippen molar-refractivity contribution >= 4 is 5.78 Å². The molecule has 1 nitrogen and oxygen atoms in total. The molecule has 0 atom stereocenters. The van der Waals surface area contributed by atoms with Gasteiger partial charge in [-0.2, -0.15) is 0 Å². The Hall–Kier alpha value is -0.850. The fraction of sp³-hybridized carbons (Fsp3) is 0.615. The normalized spacial score (nSPS) is 20.8. The van der Waals surface area contributed by atoms with Crippen LogP contribution in [0.15, 0.2) is 23.8 Å². The van der Waals surface area contributed by atoms with Gasteiger partial charge in [-0.15, -0.1) is 0 Å². The third-order valence-corrected chi connectivity index (χ3v) is 3.44. The highest BCUT2D eigenvalue weighted by Crippen LogP contribution is 2.40. The van der Waals surface area contributed by atoms with Crippen LogP contribution in [-0.2, 0) is 4.79 Å². The molecule has 0 unspecified atom stereocenters. The summed E-state index contributed by atoms with van der Waals surface area (Å²) in [6.45, 7) is 10.2. The number of ketones is 1. The van der Waals surface area contributed by atoms with Crippen LogP contribution in [0.2, 0.25) is 0 Å². The largest absolute Gasteiger partial charge is 0.295 e. The third kappa shape index (κ3) is 2.34. The Morgan fingerprint density at radius 2 is 2.21 bits per heavy atom. The van der Waals surface area contributed by atoms with Gasteiger partial charge in [0, 0.05) is 6.42 Å². The highest BCUT2D eigenvalue weighted by molar-refractivity contribution is 5.91. The van der Waals surface area contributed by atoms with Gasteiger partial charge in [0.2, 0.25) is 0 Å². The summed E-state index contributed by atoms with van der Waals surface area (Å²) in [5.41, 5.74) is 3.04. The second-order valence-corrected chi connectivity index (χ2v) is 4.81. The molecule has 0 N–H and O–H groups in total. The molecule has 0 spiro atoms. The molecule has 0 saturated heterocycles. The lowest BCUT2D eigenvalue weighted by Gasteiger charge is -2.33. The van der Waals surface area contributed by atoms with Gasteiger partial charge in [0.1, 0.15) is 0 Å². The summed E-state index contributed by atoms with van der Waals surface area (Å²) in [4.78, 5) is 11.3. The van der Waals surface area contributed by atoms with Crippen LogP contribution < -0.4 is 0 Å². The van der Waals surface area contributed by atoms with Crippen LogP contribution in [0.4, 0.5) is 0 Å². The van der Waals surface area contributed by atoms with Crippen LogP contribution in [0.3, 0.4) is 0 Å². The van der Waals surface area contributed by atoms with Gasteiger partial charge in [0.15, 0.2) is 5.78 Å². The third-order valence-electron chi connectivity index (χ3n) is 3.44. The van der Waals surface area contributed by atoms with Crippen LogP contribution in [-0.4, -0.2) is 5.78 Å². The Balaban J connectivity index is 2.85. The first-order valence-electron chi connectivity index (χ1n) is 5.32. The Morgan fingerprint density at radius 1 is 1.57 bits per heavy atom. The van der Waals surface area contributed by atoms with E-state index in [9.17, 15) is 4.79 Å². The van der Waals surface area contributed by atoms with E-state index < -0.39 is 0 Å². The molecule has 1 rings (SSSR count). The van der Waals surface area contributed by atoms with Crippen molar-refractivity contribution in [2.45, 2.75) is 46.5 Å². The maximum absolute atomic E-state index is 11.3. The summed E-state index contributed by atoms with van der Waals surface area (Å²) in [5, 5.41) is 0. The van der Waals surface area contributed by atoms with E-state index in [0.29, 0.717) is 6.42 Å². The average molecular weight is 192 g/mol. The molecule has 0 fully saturated rings. The number of rotatable bonds is 3. The van der Waals surface area contributed by atoms with E-state index in [1.54, 1.807) is 0 Å². The molecular formula is C13H20O. The van der Waals surface area contributed by atoms with Gasteiger partial charge in [-0.25, -0.2) is 0 Å². The van der Waals surface area contributed by atoms with E-state index in [1.807, 2.05) is 0 Å². The van der Waals surface area contributed by atoms with E-state index in [2.05, 4.69) is 27.4 Å². The lowest BCUT2D eigenvalue weighted by atomic mass is 9.72. The standard InChI is InChI=1S/C13H20O/c1-5-12(14)9-11-7-6-8-13(3,4)10(11)2/h5H,1,6-9H2,2-4H3. The zero-order valence-electron chi connectivity index (χ0n) is 9.52. The number of hydrogen-bond donors (Lipinski definition) is 0. The SMILES string of the molecule is C=CC(=O)CC1=C(C)C(C)(C)CCC1. The van der Waals surface area contributed by atoms with Gasteiger partial charge in [0.25, 0.3) is 0 Å². The van der Waals surface area contributed by atoms with Gasteiger partial charge >= 0.3 is 0 Å². The van der Waals surface area contributed by atoms with Gasteiger partial charge < -0.3 is 0 Å². The van der Waals surface area contributed by atoms with E-state index in [4.69, 9.17) is 0 Å². The first-order valence-corrected chi connectivity index (χ1v) is 5.32. The minimum Gasteiger partial charge on any atom is -0.295 e. The number of hydrogen-bond acceptors (Lipinski definition) is 1. The van der Waals surface area contributed by atoms with E-state index in [0.717, 1.165) is 6.42 Å². The lowest BCUT2D eigenvalue weighted by Crippen LogP contribution is -2.20. The number of carbonyl (C=O) groups is 1. The first-order chi connectivity index (χ1) is 6.47. The van der Waals surface area contributed by atoms with Gasteiger partial charge in [-0.1, -0.05) is 31.6 Å². The Bertz CT molecular complexity index is 282. The maximum atomic E-state index is 11.3. The molecule has 1 aliphatic rings. The average Bonchev–Trinajstić information content (AvgIpc) is 2.12. The molecule has 0 aromatic heterocycles. The molecule has 0 bridgehead atoms. The second-order valence-electron chi connectivity index (χ2n) is 4.81. The molecule has 0 aromatic rings. The minimum absolute atomic E-state index is 0.150. The molecule has 0 aliphatic heterocycles. The fourth-order valence-corrected chi connectivity index (χ4v) is 2.10. The predicted octanol–water partition coefficient (Wildman–Crippen LogP) is 3.66. The summed E-state index contributed by atoms with van der Waals surface area (Å²) in [6.07, 6.45) is 5.56. The summed E-state index contributed by atoms with van der Waals surface area (Å²) in [6, 6.07) is 0. The van der Waals surface area contributed by atoms with E-state index in [1.165, 1.54) is 30.1 Å². The van der Waals surface area contributed by atoms with Gasteiger partial charge in [0.05, 0.1) is 0 Å². The van der Waals surface area contributed by atoms with Crippen molar-refractivity contribution in [1.29, 1.82) is 0 Å². The van der Waals surface area contributed by atoms with Gasteiger partial charge in [-0.05, 0) is 37.7 Å². The summed E-state index contributed by atoms with van der Waals surface area (Å²) >= 11 is 0. The summed E-state index contributed by atoms with van der Waals surface area (Å²) < 4.78 is 0. The molecule has 0 radical (unpaired) electrons. The molecule has 78 valence electrons. The van der Waals surface area contributed by atoms with Crippen molar-refractivity contribution in [3.8, 4) is 0 Å². The zero-order chi connectivity index (χ0) is 10.8. The van der Waals surface area contributed by atoms with Gasteiger partial charge in [-0.3, -0.25) is 4.79 Å². The molecule has 0 amide bonds. The second kappa shape index (κ2) is 4.12. The highest BCUT2D eigenvalue weighted by Gasteiger charge is 2.26. The quantitative estimate of drug-likeness (QED) is 0.492. The van der Waals surface area contributed by atoms with Crippen molar-refractivity contribution in [3.63, 3.8) is 0 Å². The van der Waals surface area contributed by atoms with Crippen molar-refractivity contribution in [1.82, 2.24) is 0 Å². The van der Waals surface area contributed by atoms with Crippen molar-refractivity contribution < 1.29 is 4.79 Å². The fourth-order valence-electron chi connectivity index (χ4n) is 2.10. The summed E-state index contributed by atoms with van der Waals surface area (Å²) in [5.74, 6) is 0.150. The molecular weight excluding hydrogens is 172 g/mol. The Kier molecular flexibility index (Phi) is 3.30. The van der Waals surface area contributed by atoms with Crippen molar-refractivity contribution in [2.24, 2.45) is 5.41 Å². The van der Waals surface area contributed by atoms with Crippen molar-refractivity contribution in [3.05, 3.63) is 23.8 Å². The predicted molar refractivity (Wildman–Crippen MR) is 60.2 cm³/mol. The van der Waals surface area contributed by atoms with Crippen molar-refractivity contribution in [2.75, 3.05) is 0 Å². The lowest BCUT2D eigenvalue weighted by molar-refractivity contribution is -0.114. The molecule has 0 heterocycles. The minimum atomic E-state index is 0.150. The molecule has 0 saturated carbocycles. The van der Waals surface area contributed by atoms with Crippen LogP contribution >= 0.6 is 0 Å². The van der Waals surface area contributed by atoms with Crippen LogP contribution in [0.5, 0.6) is 0 Å². The molecule has 1 aliphatic carbocycles. The van der Waals surface area contributed by atoms with Crippen LogP contribution in [0.25, 0.3) is 0 Å². The topological polar surface area (TPSA) is 17.1 Å². The molecule has 0 aromatic carbocycles. The number of carbonyl (C=O) groups excluding carboxylic acids is 1. The monoisotopic (exact) mass is 192 g/mol. The van der Waals surface area contributed by atoms with E-state index >= 15 is 0 Å². The molecule has 1 heteroatoms. The van der Waals surface area contributed by atoms with Crippen LogP contribution in [0, 0.1) is 5.41 Å². The highest BCUT2D eigenvalue weighted by atomic mass is 16.1. The summed E-state index contributed by atoms with van der Waals surface area (Å²) in [7, 11) is 0. The van der Waals surface area contributed by atoms with E-state index in [-0.39, 0.29) is 11.2 Å². The first kappa shape index (κ1) is 11.2.